The number of nitrogens with zero attached hydrogens (tertiary/aromatic N) is 2. The first-order chi connectivity index (χ1) is 7.58. The van der Waals surface area contributed by atoms with Gasteiger partial charge in [-0.2, -0.15) is 0 Å². The van der Waals surface area contributed by atoms with E-state index in [0.29, 0.717) is 17.0 Å². The third kappa shape index (κ3) is 1.90. The molecule has 5 nitrogen and oxygen atoms in total. The number of halogens is 1. The Morgan fingerprint density at radius 1 is 1.44 bits per heavy atom. The van der Waals surface area contributed by atoms with Crippen molar-refractivity contribution in [1.29, 1.82) is 0 Å². The van der Waals surface area contributed by atoms with Crippen LogP contribution in [0.2, 0.25) is 5.02 Å². The van der Waals surface area contributed by atoms with E-state index in [1.165, 1.54) is 12.1 Å². The largest absolute Gasteiger partial charge is 0.361 e. The highest BCUT2D eigenvalue weighted by Crippen LogP contribution is 2.30. The van der Waals surface area contributed by atoms with Gasteiger partial charge in [-0.3, -0.25) is 10.1 Å². The molecule has 2 rings (SSSR count). The minimum Gasteiger partial charge on any atom is -0.361 e. The van der Waals surface area contributed by atoms with Gasteiger partial charge in [0, 0.05) is 23.8 Å². The average Bonchev–Trinajstić information content (AvgIpc) is 2.64. The van der Waals surface area contributed by atoms with E-state index in [1.807, 2.05) is 0 Å². The normalized spacial score (nSPS) is 10.4. The Labute approximate surface area is 95.8 Å². The molecule has 1 aromatic heterocycles. The molecule has 6 heteroatoms. The summed E-state index contributed by atoms with van der Waals surface area (Å²) in [5, 5.41) is 14.6. The molecule has 0 radical (unpaired) electrons. The topological polar surface area (TPSA) is 69.2 Å². The van der Waals surface area contributed by atoms with E-state index in [4.69, 9.17) is 16.1 Å². The van der Waals surface area contributed by atoms with Gasteiger partial charge in [0.05, 0.1) is 9.95 Å². The molecule has 1 heterocycles. The first-order valence-corrected chi connectivity index (χ1v) is 4.83. The van der Waals surface area contributed by atoms with Gasteiger partial charge in [0.2, 0.25) is 0 Å². The van der Waals surface area contributed by atoms with Gasteiger partial charge in [0.15, 0.2) is 0 Å². The van der Waals surface area contributed by atoms with Gasteiger partial charge in [0.1, 0.15) is 11.5 Å². The molecule has 0 atom stereocenters. The zero-order chi connectivity index (χ0) is 11.7. The number of aryl methyl sites for hydroxylation is 1. The molecule has 1 aromatic carbocycles. The number of hydrogen-bond donors (Lipinski definition) is 0. The first kappa shape index (κ1) is 10.6. The number of rotatable bonds is 2. The van der Waals surface area contributed by atoms with E-state index in [9.17, 15) is 10.1 Å². The molecule has 0 fully saturated rings. The van der Waals surface area contributed by atoms with Crippen molar-refractivity contribution in [2.75, 3.05) is 0 Å². The zero-order valence-electron chi connectivity index (χ0n) is 8.31. The molecule has 0 bridgehead atoms. The van der Waals surface area contributed by atoms with Crippen molar-refractivity contribution in [3.8, 4) is 11.3 Å². The molecule has 0 unspecified atom stereocenters. The number of nitro benzene ring substituents is 1. The van der Waals surface area contributed by atoms with Crippen LogP contribution in [-0.2, 0) is 0 Å². The van der Waals surface area contributed by atoms with Crippen molar-refractivity contribution in [1.82, 2.24) is 5.16 Å². The van der Waals surface area contributed by atoms with E-state index < -0.39 is 4.92 Å². The molecule has 0 aliphatic carbocycles. The van der Waals surface area contributed by atoms with Gasteiger partial charge in [-0.1, -0.05) is 16.8 Å². The van der Waals surface area contributed by atoms with E-state index in [-0.39, 0.29) is 10.7 Å². The highest BCUT2D eigenvalue weighted by Gasteiger charge is 2.12. The van der Waals surface area contributed by atoms with Crippen molar-refractivity contribution in [2.45, 2.75) is 6.92 Å². The maximum Gasteiger partial charge on any atom is 0.270 e. The average molecular weight is 239 g/mol. The SMILES string of the molecule is Cc1cc(-c2ccc([N+](=O)[O-])cc2Cl)no1. The van der Waals surface area contributed by atoms with E-state index in [2.05, 4.69) is 5.16 Å². The summed E-state index contributed by atoms with van der Waals surface area (Å²) in [6, 6.07) is 5.94. The molecule has 82 valence electrons. The predicted octanol–water partition coefficient (Wildman–Crippen LogP) is 3.21. The van der Waals surface area contributed by atoms with Gasteiger partial charge in [-0.05, 0) is 13.0 Å². The molecule has 0 spiro atoms. The Morgan fingerprint density at radius 2 is 2.19 bits per heavy atom. The summed E-state index contributed by atoms with van der Waals surface area (Å²) in [5.74, 6) is 0.657. The third-order valence-corrected chi connectivity index (χ3v) is 2.38. The lowest BCUT2D eigenvalue weighted by atomic mass is 10.1. The van der Waals surface area contributed by atoms with Crippen LogP contribution in [0.15, 0.2) is 28.8 Å². The molecule has 0 saturated heterocycles. The molecule has 0 amide bonds. The summed E-state index contributed by atoms with van der Waals surface area (Å²) in [6.45, 7) is 1.76. The van der Waals surface area contributed by atoms with Crippen LogP contribution in [0, 0.1) is 17.0 Å². The molecule has 16 heavy (non-hydrogen) atoms. The van der Waals surface area contributed by atoms with Crippen molar-refractivity contribution >= 4 is 17.3 Å². The van der Waals surface area contributed by atoms with Gasteiger partial charge in [-0.15, -0.1) is 0 Å². The molecular weight excluding hydrogens is 232 g/mol. The summed E-state index contributed by atoms with van der Waals surface area (Å²) in [6.07, 6.45) is 0. The maximum atomic E-state index is 10.5. The van der Waals surface area contributed by atoms with E-state index in [1.54, 1.807) is 19.1 Å². The number of benzene rings is 1. The molecular formula is C10H7ClN2O3. The Kier molecular flexibility index (Phi) is 2.62. The van der Waals surface area contributed by atoms with E-state index >= 15 is 0 Å². The monoisotopic (exact) mass is 238 g/mol. The number of nitro groups is 1. The smallest absolute Gasteiger partial charge is 0.270 e. The van der Waals surface area contributed by atoms with Crippen LogP contribution < -0.4 is 0 Å². The summed E-state index contributed by atoms with van der Waals surface area (Å²) < 4.78 is 4.91. The summed E-state index contributed by atoms with van der Waals surface area (Å²) in [7, 11) is 0. The number of non-ortho nitro benzene ring substituents is 1. The lowest BCUT2D eigenvalue weighted by Gasteiger charge is -1.98. The van der Waals surface area contributed by atoms with Gasteiger partial charge < -0.3 is 4.52 Å². The molecule has 0 aliphatic heterocycles. The summed E-state index contributed by atoms with van der Waals surface area (Å²) >= 11 is 5.93. The highest BCUT2D eigenvalue weighted by atomic mass is 35.5. The Balaban J connectivity index is 2.47. The zero-order valence-corrected chi connectivity index (χ0v) is 9.06. The lowest BCUT2D eigenvalue weighted by Crippen LogP contribution is -1.88. The Bertz CT molecular complexity index is 551. The minimum atomic E-state index is -0.496. The second kappa shape index (κ2) is 3.94. The van der Waals surface area contributed by atoms with Crippen molar-refractivity contribution in [3.05, 3.63) is 45.2 Å². The standard InChI is InChI=1S/C10H7ClN2O3/c1-6-4-10(12-16-6)8-3-2-7(13(14)15)5-9(8)11/h2-5H,1H3. The Morgan fingerprint density at radius 3 is 2.69 bits per heavy atom. The third-order valence-electron chi connectivity index (χ3n) is 2.07. The van der Waals surface area contributed by atoms with Crippen LogP contribution in [0.25, 0.3) is 11.3 Å². The number of hydrogen-bond acceptors (Lipinski definition) is 4. The van der Waals surface area contributed by atoms with Gasteiger partial charge >= 0.3 is 0 Å². The predicted molar refractivity (Wildman–Crippen MR) is 58.3 cm³/mol. The van der Waals surface area contributed by atoms with Crippen LogP contribution in [0.5, 0.6) is 0 Å². The second-order valence-electron chi connectivity index (χ2n) is 3.24. The fraction of sp³-hybridized carbons (Fsp3) is 0.100. The Hall–Kier alpha value is -1.88. The van der Waals surface area contributed by atoms with Crippen LogP contribution >= 0.6 is 11.6 Å². The minimum absolute atomic E-state index is 0.0473. The number of aromatic nitrogens is 1. The highest BCUT2D eigenvalue weighted by molar-refractivity contribution is 6.33. The van der Waals surface area contributed by atoms with Crippen LogP contribution in [0.4, 0.5) is 5.69 Å². The van der Waals surface area contributed by atoms with Crippen molar-refractivity contribution in [2.24, 2.45) is 0 Å². The molecule has 0 aliphatic rings. The fourth-order valence-corrected chi connectivity index (χ4v) is 1.59. The molecule has 0 N–H and O–H groups in total. The second-order valence-corrected chi connectivity index (χ2v) is 3.65. The summed E-state index contributed by atoms with van der Waals surface area (Å²) in [4.78, 5) is 10.0. The quantitative estimate of drug-likeness (QED) is 0.595. The lowest BCUT2D eigenvalue weighted by molar-refractivity contribution is -0.384. The van der Waals surface area contributed by atoms with Crippen LogP contribution in [0.1, 0.15) is 5.76 Å². The molecule has 0 saturated carbocycles. The van der Waals surface area contributed by atoms with E-state index in [0.717, 1.165) is 0 Å². The first-order valence-electron chi connectivity index (χ1n) is 4.45. The van der Waals surface area contributed by atoms with Gasteiger partial charge in [0.25, 0.3) is 5.69 Å². The van der Waals surface area contributed by atoms with Crippen LogP contribution in [0.3, 0.4) is 0 Å². The van der Waals surface area contributed by atoms with Gasteiger partial charge in [-0.25, -0.2) is 0 Å². The van der Waals surface area contributed by atoms with Crippen LogP contribution in [-0.4, -0.2) is 10.1 Å². The van der Waals surface area contributed by atoms with Crippen molar-refractivity contribution < 1.29 is 9.45 Å². The van der Waals surface area contributed by atoms with Crippen molar-refractivity contribution in [3.63, 3.8) is 0 Å². The maximum absolute atomic E-state index is 10.5. The molecule has 2 aromatic rings. The fourth-order valence-electron chi connectivity index (χ4n) is 1.32. The summed E-state index contributed by atoms with van der Waals surface area (Å²) in [5.41, 5.74) is 1.13.